The number of piperidine rings is 1. The average Bonchev–Trinajstić information content (AvgIpc) is 2.97. The predicted molar refractivity (Wildman–Crippen MR) is 163 cm³/mol. The molecule has 39 heavy (non-hydrogen) atoms. The molecule has 9 heteroatoms. The number of hydrogen-bond acceptors (Lipinski definition) is 6. The molecule has 0 radical (unpaired) electrons. The van der Waals surface area contributed by atoms with Gasteiger partial charge in [-0.1, -0.05) is 30.3 Å². The summed E-state index contributed by atoms with van der Waals surface area (Å²) in [7, 11) is 0. The molecule has 2 fully saturated rings. The second-order valence-electron chi connectivity index (χ2n) is 10.4. The summed E-state index contributed by atoms with van der Waals surface area (Å²) >= 11 is 5.59. The van der Waals surface area contributed by atoms with Gasteiger partial charge in [0.1, 0.15) is 17.5 Å². The summed E-state index contributed by atoms with van der Waals surface area (Å²) in [6.45, 7) is 7.67. The molecule has 0 amide bonds. The Morgan fingerprint density at radius 1 is 0.923 bits per heavy atom. The molecule has 0 saturated carbocycles. The summed E-state index contributed by atoms with van der Waals surface area (Å²) in [5.41, 5.74) is 2.38. The van der Waals surface area contributed by atoms with Crippen LogP contribution >= 0.6 is 12.2 Å². The zero-order valence-electron chi connectivity index (χ0n) is 22.7. The number of halogens is 1. The Kier molecular flexibility index (Phi) is 9.08. The van der Waals surface area contributed by atoms with Crippen molar-refractivity contribution < 1.29 is 4.39 Å². The third-order valence-electron chi connectivity index (χ3n) is 7.59. The number of nitrogens with one attached hydrogen (secondary N) is 2. The molecule has 1 atom stereocenters. The summed E-state index contributed by atoms with van der Waals surface area (Å²) < 4.78 is 13.1. The first-order chi connectivity index (χ1) is 19.0. The molecule has 3 heterocycles. The van der Waals surface area contributed by atoms with Crippen LogP contribution in [0.3, 0.4) is 0 Å². The number of nitrogens with zero attached hydrogens (tertiary/aromatic N) is 5. The van der Waals surface area contributed by atoms with Gasteiger partial charge in [-0.15, -0.1) is 0 Å². The van der Waals surface area contributed by atoms with Crippen molar-refractivity contribution in [2.45, 2.75) is 45.1 Å². The maximum atomic E-state index is 13.1. The third kappa shape index (κ3) is 7.35. The summed E-state index contributed by atoms with van der Waals surface area (Å²) in [6.07, 6.45) is 5.35. The minimum Gasteiger partial charge on any atom is -0.368 e. The first-order valence-corrected chi connectivity index (χ1v) is 14.5. The van der Waals surface area contributed by atoms with Crippen LogP contribution in [0.2, 0.25) is 0 Å². The van der Waals surface area contributed by atoms with E-state index in [1.54, 1.807) is 0 Å². The smallest absolute Gasteiger partial charge is 0.232 e. The highest BCUT2D eigenvalue weighted by Gasteiger charge is 2.24. The molecule has 2 aromatic carbocycles. The third-order valence-corrected chi connectivity index (χ3v) is 7.83. The lowest BCUT2D eigenvalue weighted by molar-refractivity contribution is 0.481. The van der Waals surface area contributed by atoms with Crippen molar-refractivity contribution in [3.63, 3.8) is 0 Å². The van der Waals surface area contributed by atoms with Crippen LogP contribution in [0.1, 0.15) is 38.2 Å². The van der Waals surface area contributed by atoms with Crippen molar-refractivity contribution in [1.82, 2.24) is 15.3 Å². The molecular formula is C30H38FN7S. The van der Waals surface area contributed by atoms with Gasteiger partial charge in [0.2, 0.25) is 5.95 Å². The van der Waals surface area contributed by atoms with E-state index in [0.29, 0.717) is 23.6 Å². The molecule has 3 aromatic rings. The molecule has 2 aliphatic rings. The highest BCUT2D eigenvalue weighted by molar-refractivity contribution is 7.80. The van der Waals surface area contributed by atoms with Gasteiger partial charge >= 0.3 is 0 Å². The van der Waals surface area contributed by atoms with Gasteiger partial charge in [0.25, 0.3) is 0 Å². The Morgan fingerprint density at radius 3 is 2.38 bits per heavy atom. The fourth-order valence-electron chi connectivity index (χ4n) is 5.35. The van der Waals surface area contributed by atoms with Crippen LogP contribution in [0.4, 0.5) is 27.7 Å². The summed E-state index contributed by atoms with van der Waals surface area (Å²) in [6, 6.07) is 19.8. The number of aromatic nitrogens is 2. The number of thiocarbonyl (C=S) groups is 1. The maximum absolute atomic E-state index is 13.1. The number of benzene rings is 2. The molecule has 5 rings (SSSR count). The van der Waals surface area contributed by atoms with Gasteiger partial charge in [-0.05, 0) is 81.1 Å². The van der Waals surface area contributed by atoms with Gasteiger partial charge in [-0.2, -0.15) is 9.97 Å². The molecule has 0 spiro atoms. The average molecular weight is 548 g/mol. The summed E-state index contributed by atoms with van der Waals surface area (Å²) in [4.78, 5) is 17.0. The topological polar surface area (TPSA) is 59.6 Å². The van der Waals surface area contributed by atoms with Crippen molar-refractivity contribution in [3.8, 4) is 0 Å². The number of hydrogen-bond donors (Lipinski definition) is 2. The van der Waals surface area contributed by atoms with E-state index >= 15 is 0 Å². The molecule has 0 unspecified atom stereocenters. The van der Waals surface area contributed by atoms with E-state index < -0.39 is 0 Å². The quantitative estimate of drug-likeness (QED) is 0.293. The Labute approximate surface area is 236 Å². The highest BCUT2D eigenvalue weighted by atomic mass is 32.1. The van der Waals surface area contributed by atoms with Gasteiger partial charge < -0.3 is 25.3 Å². The normalized spacial score (nSPS) is 17.7. The Morgan fingerprint density at radius 2 is 1.64 bits per heavy atom. The molecule has 2 aliphatic heterocycles. The van der Waals surface area contributed by atoms with Crippen molar-refractivity contribution in [2.24, 2.45) is 0 Å². The second kappa shape index (κ2) is 13.1. The SMILES string of the molecule is C[C@@H]1CCCCN1c1cc(N2CCN(c3ccccc3)CC2)nc(NC(=S)NCCCc2ccc(F)cc2)n1. The summed E-state index contributed by atoms with van der Waals surface area (Å²) in [5, 5.41) is 7.03. The van der Waals surface area contributed by atoms with Gasteiger partial charge in [0, 0.05) is 57.1 Å². The number of rotatable bonds is 8. The molecule has 1 aromatic heterocycles. The molecule has 206 valence electrons. The fourth-order valence-corrected chi connectivity index (χ4v) is 5.54. The Hall–Kier alpha value is -3.46. The lowest BCUT2D eigenvalue weighted by Crippen LogP contribution is -2.47. The van der Waals surface area contributed by atoms with Gasteiger partial charge in [0.05, 0.1) is 0 Å². The van der Waals surface area contributed by atoms with Gasteiger partial charge in [-0.25, -0.2) is 4.39 Å². The molecule has 7 nitrogen and oxygen atoms in total. The Balaban J connectivity index is 1.23. The van der Waals surface area contributed by atoms with E-state index in [1.807, 2.05) is 12.1 Å². The van der Waals surface area contributed by atoms with E-state index in [1.165, 1.54) is 37.1 Å². The largest absolute Gasteiger partial charge is 0.368 e. The van der Waals surface area contributed by atoms with Gasteiger partial charge in [0.15, 0.2) is 5.11 Å². The van der Waals surface area contributed by atoms with Crippen LogP contribution in [0.5, 0.6) is 0 Å². The van der Waals surface area contributed by atoms with Crippen LogP contribution in [0, 0.1) is 5.82 Å². The minimum absolute atomic E-state index is 0.208. The molecule has 0 aliphatic carbocycles. The number of para-hydroxylation sites is 1. The van der Waals surface area contributed by atoms with Crippen LogP contribution in [0.25, 0.3) is 0 Å². The van der Waals surface area contributed by atoms with E-state index in [0.717, 1.165) is 62.8 Å². The van der Waals surface area contributed by atoms with Crippen LogP contribution in [-0.4, -0.2) is 60.4 Å². The number of anilines is 4. The van der Waals surface area contributed by atoms with Crippen LogP contribution in [-0.2, 0) is 6.42 Å². The Bertz CT molecular complexity index is 1220. The van der Waals surface area contributed by atoms with E-state index in [4.69, 9.17) is 22.2 Å². The van der Waals surface area contributed by atoms with E-state index in [2.05, 4.69) is 68.7 Å². The predicted octanol–water partition coefficient (Wildman–Crippen LogP) is 5.24. The van der Waals surface area contributed by atoms with Crippen molar-refractivity contribution in [1.29, 1.82) is 0 Å². The maximum Gasteiger partial charge on any atom is 0.232 e. The van der Waals surface area contributed by atoms with Crippen molar-refractivity contribution in [2.75, 3.05) is 59.3 Å². The zero-order chi connectivity index (χ0) is 27.0. The first-order valence-electron chi connectivity index (χ1n) is 14.0. The molecule has 2 N–H and O–H groups in total. The lowest BCUT2D eigenvalue weighted by Gasteiger charge is -2.38. The molecular weight excluding hydrogens is 509 g/mol. The fraction of sp³-hybridized carbons (Fsp3) is 0.433. The molecule has 0 bridgehead atoms. The highest BCUT2D eigenvalue weighted by Crippen LogP contribution is 2.28. The standard InChI is InChI=1S/C30H38FN7S/c1-23-8-5-6-17-38(23)28-22-27(37-20-18-36(19-21-37)26-10-3-2-4-11-26)33-29(34-28)35-30(39)32-16-7-9-24-12-14-25(31)15-13-24/h2-4,10-15,22-23H,5-9,16-21H2,1H3,(H2,32,33,34,35,39)/t23-/m1/s1. The first kappa shape index (κ1) is 27.1. The van der Waals surface area contributed by atoms with Crippen LogP contribution < -0.4 is 25.3 Å². The zero-order valence-corrected chi connectivity index (χ0v) is 23.5. The van der Waals surface area contributed by atoms with Crippen molar-refractivity contribution >= 4 is 40.6 Å². The van der Waals surface area contributed by atoms with E-state index in [-0.39, 0.29) is 5.82 Å². The number of aryl methyl sites for hydroxylation is 1. The summed E-state index contributed by atoms with van der Waals surface area (Å²) in [5.74, 6) is 2.22. The van der Waals surface area contributed by atoms with Gasteiger partial charge in [-0.3, -0.25) is 0 Å². The number of piperazine rings is 1. The lowest BCUT2D eigenvalue weighted by atomic mass is 10.0. The van der Waals surface area contributed by atoms with E-state index in [9.17, 15) is 4.39 Å². The monoisotopic (exact) mass is 547 g/mol. The minimum atomic E-state index is -0.208. The second-order valence-corrected chi connectivity index (χ2v) is 10.8. The molecule has 2 saturated heterocycles. The van der Waals surface area contributed by atoms with Crippen LogP contribution in [0.15, 0.2) is 60.7 Å². The van der Waals surface area contributed by atoms with Crippen molar-refractivity contribution in [3.05, 3.63) is 72.0 Å².